The van der Waals surface area contributed by atoms with Gasteiger partial charge in [0.05, 0.1) is 22.7 Å². The van der Waals surface area contributed by atoms with Crippen molar-refractivity contribution in [3.05, 3.63) is 28.3 Å². The van der Waals surface area contributed by atoms with Crippen molar-refractivity contribution in [3.63, 3.8) is 0 Å². The summed E-state index contributed by atoms with van der Waals surface area (Å²) in [6, 6.07) is 4.59. The molecule has 1 atom stereocenters. The lowest BCUT2D eigenvalue weighted by Crippen LogP contribution is -2.41. The van der Waals surface area contributed by atoms with Crippen LogP contribution in [0.25, 0.3) is 0 Å². The van der Waals surface area contributed by atoms with Gasteiger partial charge in [0, 0.05) is 17.8 Å². The molecule has 2 N–H and O–H groups in total. The van der Waals surface area contributed by atoms with Crippen molar-refractivity contribution in [3.8, 4) is 5.75 Å². The monoisotopic (exact) mass is 282 g/mol. The summed E-state index contributed by atoms with van der Waals surface area (Å²) in [6.45, 7) is 9.00. The van der Waals surface area contributed by atoms with Gasteiger partial charge in [-0.25, -0.2) is 0 Å². The van der Waals surface area contributed by atoms with Crippen LogP contribution in [0.15, 0.2) is 18.2 Å². The molecule has 1 aromatic rings. The Balaban J connectivity index is 3.09. The zero-order chi connectivity index (χ0) is 15.5. The molecule has 0 heterocycles. The minimum Gasteiger partial charge on any atom is -0.484 e. The molecule has 1 aromatic carbocycles. The molecule has 0 spiro atoms. The fourth-order valence-corrected chi connectivity index (χ4v) is 1.57. The molecule has 0 aliphatic heterocycles. The van der Waals surface area contributed by atoms with Crippen LogP contribution in [-0.4, -0.2) is 27.8 Å². The molecule has 1 unspecified atom stereocenters. The van der Waals surface area contributed by atoms with E-state index in [2.05, 4.69) is 5.32 Å². The van der Waals surface area contributed by atoms with E-state index in [0.717, 1.165) is 0 Å². The first-order valence-corrected chi connectivity index (χ1v) is 6.55. The van der Waals surface area contributed by atoms with E-state index in [1.54, 1.807) is 19.1 Å². The van der Waals surface area contributed by atoms with E-state index in [1.165, 1.54) is 6.07 Å². The number of hydrogen-bond acceptors (Lipinski definition) is 5. The minimum absolute atomic E-state index is 0.0703. The summed E-state index contributed by atoms with van der Waals surface area (Å²) in [5, 5.41) is 23.8. The van der Waals surface area contributed by atoms with Crippen molar-refractivity contribution >= 4 is 11.4 Å². The van der Waals surface area contributed by atoms with Crippen LogP contribution in [0.5, 0.6) is 5.75 Å². The Hall–Kier alpha value is -1.82. The maximum Gasteiger partial charge on any atom is 0.311 e. The van der Waals surface area contributed by atoms with Crippen LogP contribution in [-0.2, 0) is 0 Å². The average Bonchev–Trinajstić information content (AvgIpc) is 2.26. The van der Waals surface area contributed by atoms with E-state index in [9.17, 15) is 15.2 Å². The smallest absolute Gasteiger partial charge is 0.311 e. The molecular formula is C14H22N2O4. The van der Waals surface area contributed by atoms with Gasteiger partial charge in [0.2, 0.25) is 0 Å². The van der Waals surface area contributed by atoms with Gasteiger partial charge in [0.25, 0.3) is 0 Å². The summed E-state index contributed by atoms with van der Waals surface area (Å²) in [7, 11) is 0. The Labute approximate surface area is 118 Å². The number of aliphatic hydroxyl groups excluding tert-OH is 1. The Kier molecular flexibility index (Phi) is 4.94. The van der Waals surface area contributed by atoms with Gasteiger partial charge >= 0.3 is 5.69 Å². The van der Waals surface area contributed by atoms with Gasteiger partial charge in [-0.2, -0.15) is 0 Å². The zero-order valence-electron chi connectivity index (χ0n) is 12.5. The van der Waals surface area contributed by atoms with Crippen LogP contribution in [0, 0.1) is 10.1 Å². The minimum atomic E-state index is -0.577. The van der Waals surface area contributed by atoms with Gasteiger partial charge in [-0.15, -0.1) is 0 Å². The third-order valence-electron chi connectivity index (χ3n) is 3.03. The van der Waals surface area contributed by atoms with E-state index in [4.69, 9.17) is 4.74 Å². The normalized spacial score (nSPS) is 13.2. The van der Waals surface area contributed by atoms with Gasteiger partial charge in [-0.05, 0) is 40.7 Å². The van der Waals surface area contributed by atoms with Gasteiger partial charge in [-0.3, -0.25) is 10.1 Å². The summed E-state index contributed by atoms with van der Waals surface area (Å²) in [5.74, 6) is 0.219. The van der Waals surface area contributed by atoms with E-state index < -0.39 is 16.6 Å². The van der Waals surface area contributed by atoms with Crippen molar-refractivity contribution in [1.29, 1.82) is 0 Å². The average molecular weight is 282 g/mol. The molecule has 20 heavy (non-hydrogen) atoms. The summed E-state index contributed by atoms with van der Waals surface area (Å²) in [4.78, 5) is 10.5. The van der Waals surface area contributed by atoms with Crippen molar-refractivity contribution in [1.82, 2.24) is 0 Å². The molecule has 0 saturated heterocycles. The first-order chi connectivity index (χ1) is 9.13. The topological polar surface area (TPSA) is 84.6 Å². The Morgan fingerprint density at radius 1 is 1.35 bits per heavy atom. The lowest BCUT2D eigenvalue weighted by atomic mass is 9.98. The number of nitrogens with zero attached hydrogens (tertiary/aromatic N) is 1. The molecule has 0 aromatic heterocycles. The number of ether oxygens (including phenoxy) is 1. The lowest BCUT2D eigenvalue weighted by Gasteiger charge is -2.30. The molecule has 112 valence electrons. The number of nitrogens with one attached hydrogen (secondary N) is 1. The molecule has 0 radical (unpaired) electrons. The number of aliphatic hydroxyl groups is 1. The predicted molar refractivity (Wildman–Crippen MR) is 78.2 cm³/mol. The molecule has 0 fully saturated rings. The second-order valence-electron chi connectivity index (χ2n) is 5.63. The number of benzene rings is 1. The standard InChI is InChI=1S/C14H22N2O4/c1-9(2)20-13-8-11(6-7-12(13)16(18)19)15-14(4,5)10(3)17/h6-10,15,17H,1-5H3. The Morgan fingerprint density at radius 2 is 1.95 bits per heavy atom. The molecular weight excluding hydrogens is 260 g/mol. The van der Waals surface area contributed by atoms with Crippen molar-refractivity contribution in [2.75, 3.05) is 5.32 Å². The fourth-order valence-electron chi connectivity index (χ4n) is 1.57. The Morgan fingerprint density at radius 3 is 2.40 bits per heavy atom. The van der Waals surface area contributed by atoms with Crippen molar-refractivity contribution in [2.24, 2.45) is 0 Å². The molecule has 6 heteroatoms. The second-order valence-corrected chi connectivity index (χ2v) is 5.63. The third-order valence-corrected chi connectivity index (χ3v) is 3.03. The number of hydrogen-bond donors (Lipinski definition) is 2. The number of nitro benzene ring substituents is 1. The highest BCUT2D eigenvalue weighted by atomic mass is 16.6. The second kappa shape index (κ2) is 6.09. The van der Waals surface area contributed by atoms with E-state index in [1.807, 2.05) is 27.7 Å². The third kappa shape index (κ3) is 4.09. The molecule has 1 rings (SSSR count). The van der Waals surface area contributed by atoms with E-state index in [0.29, 0.717) is 5.69 Å². The highest BCUT2D eigenvalue weighted by Gasteiger charge is 2.25. The maximum absolute atomic E-state index is 11.0. The first-order valence-electron chi connectivity index (χ1n) is 6.55. The molecule has 0 bridgehead atoms. The van der Waals surface area contributed by atoms with Crippen LogP contribution in [0.2, 0.25) is 0 Å². The van der Waals surface area contributed by atoms with Crippen molar-refractivity contribution < 1.29 is 14.8 Å². The molecule has 0 saturated carbocycles. The Bertz CT molecular complexity index is 484. The van der Waals surface area contributed by atoms with Crippen LogP contribution in [0.3, 0.4) is 0 Å². The summed E-state index contributed by atoms with van der Waals surface area (Å²) < 4.78 is 5.48. The van der Waals surface area contributed by atoms with Crippen LogP contribution < -0.4 is 10.1 Å². The highest BCUT2D eigenvalue weighted by molar-refractivity contribution is 5.59. The van der Waals surface area contributed by atoms with E-state index >= 15 is 0 Å². The molecule has 0 aliphatic rings. The SMILES string of the molecule is CC(C)Oc1cc(NC(C)(C)C(C)O)ccc1[N+](=O)[O-]. The predicted octanol–water partition coefficient (Wildman–Crippen LogP) is 2.95. The maximum atomic E-state index is 11.0. The number of rotatable bonds is 6. The lowest BCUT2D eigenvalue weighted by molar-refractivity contribution is -0.386. The molecule has 0 amide bonds. The first kappa shape index (κ1) is 16.2. The fraction of sp³-hybridized carbons (Fsp3) is 0.571. The summed E-state index contributed by atoms with van der Waals surface area (Å²) in [5.41, 5.74) is 0.0434. The largest absolute Gasteiger partial charge is 0.484 e. The van der Waals surface area contributed by atoms with Gasteiger partial charge in [0.15, 0.2) is 5.75 Å². The summed E-state index contributed by atoms with van der Waals surface area (Å²) in [6.07, 6.45) is -0.735. The van der Waals surface area contributed by atoms with Gasteiger partial charge in [-0.1, -0.05) is 0 Å². The van der Waals surface area contributed by atoms with E-state index in [-0.39, 0.29) is 17.5 Å². The van der Waals surface area contributed by atoms with Crippen LogP contribution >= 0.6 is 0 Å². The number of nitro groups is 1. The molecule has 0 aliphatic carbocycles. The van der Waals surface area contributed by atoms with Gasteiger partial charge in [0.1, 0.15) is 0 Å². The molecule has 6 nitrogen and oxygen atoms in total. The van der Waals surface area contributed by atoms with Crippen LogP contribution in [0.1, 0.15) is 34.6 Å². The van der Waals surface area contributed by atoms with Gasteiger partial charge < -0.3 is 15.2 Å². The zero-order valence-corrected chi connectivity index (χ0v) is 12.5. The van der Waals surface area contributed by atoms with Crippen molar-refractivity contribution in [2.45, 2.75) is 52.4 Å². The van der Waals surface area contributed by atoms with Crippen LogP contribution in [0.4, 0.5) is 11.4 Å². The number of anilines is 1. The quantitative estimate of drug-likeness (QED) is 0.619. The summed E-state index contributed by atoms with van der Waals surface area (Å²) >= 11 is 0. The highest BCUT2D eigenvalue weighted by Crippen LogP contribution is 2.32.